The highest BCUT2D eigenvalue weighted by atomic mass is 32.2. The molecular weight excluding hydrogens is 396 g/mol. The second kappa shape index (κ2) is 9.65. The molecule has 0 radical (unpaired) electrons. The minimum atomic E-state index is -0.821. The Morgan fingerprint density at radius 2 is 1.93 bits per heavy atom. The van der Waals surface area contributed by atoms with E-state index in [0.717, 1.165) is 66.4 Å². The van der Waals surface area contributed by atoms with Crippen LogP contribution >= 0.6 is 11.8 Å². The Morgan fingerprint density at radius 1 is 1.10 bits per heavy atom. The van der Waals surface area contributed by atoms with E-state index < -0.39 is 5.97 Å². The number of nitrogens with one attached hydrogen (secondary N) is 1. The van der Waals surface area contributed by atoms with Gasteiger partial charge in [-0.1, -0.05) is 17.7 Å². The van der Waals surface area contributed by atoms with Crippen molar-refractivity contribution < 1.29 is 14.7 Å². The van der Waals surface area contributed by atoms with E-state index >= 15 is 0 Å². The summed E-state index contributed by atoms with van der Waals surface area (Å²) in [6.07, 6.45) is 12.1. The van der Waals surface area contributed by atoms with Crippen LogP contribution in [0.2, 0.25) is 0 Å². The van der Waals surface area contributed by atoms with Crippen molar-refractivity contribution in [1.82, 2.24) is 10.3 Å². The third-order valence-electron chi connectivity index (χ3n) is 5.93. The predicted molar refractivity (Wildman–Crippen MR) is 120 cm³/mol. The average Bonchev–Trinajstić information content (AvgIpc) is 2.76. The fourth-order valence-electron chi connectivity index (χ4n) is 4.39. The van der Waals surface area contributed by atoms with Crippen molar-refractivity contribution in [3.63, 3.8) is 0 Å². The Labute approximate surface area is 181 Å². The van der Waals surface area contributed by atoms with Crippen LogP contribution in [0.4, 0.5) is 0 Å². The Morgan fingerprint density at radius 3 is 2.73 bits per heavy atom. The van der Waals surface area contributed by atoms with Crippen molar-refractivity contribution in [2.24, 2.45) is 0 Å². The van der Waals surface area contributed by atoms with Crippen molar-refractivity contribution in [2.75, 3.05) is 12.3 Å². The van der Waals surface area contributed by atoms with E-state index in [-0.39, 0.29) is 11.7 Å². The summed E-state index contributed by atoms with van der Waals surface area (Å²) in [6, 6.07) is 5.61. The normalized spacial score (nSPS) is 16.1. The van der Waals surface area contributed by atoms with Gasteiger partial charge in [-0.3, -0.25) is 14.6 Å². The molecule has 0 atom stereocenters. The summed E-state index contributed by atoms with van der Waals surface area (Å²) in [4.78, 5) is 29.7. The van der Waals surface area contributed by atoms with Gasteiger partial charge < -0.3 is 10.4 Å². The third kappa shape index (κ3) is 4.86. The molecule has 2 N–H and O–H groups in total. The molecule has 0 spiro atoms. The van der Waals surface area contributed by atoms with Gasteiger partial charge in [-0.25, -0.2) is 0 Å². The van der Waals surface area contributed by atoms with Crippen LogP contribution in [-0.2, 0) is 17.6 Å². The van der Waals surface area contributed by atoms with E-state index in [9.17, 15) is 9.59 Å². The number of hydrogen-bond donors (Lipinski definition) is 2. The Balaban J connectivity index is 1.54. The zero-order chi connectivity index (χ0) is 20.9. The first kappa shape index (κ1) is 20.9. The van der Waals surface area contributed by atoms with Gasteiger partial charge in [0.25, 0.3) is 5.91 Å². The van der Waals surface area contributed by atoms with Gasteiger partial charge in [-0.15, -0.1) is 11.8 Å². The molecule has 1 aromatic heterocycles. The van der Waals surface area contributed by atoms with Crippen LogP contribution in [-0.4, -0.2) is 34.3 Å². The largest absolute Gasteiger partial charge is 0.481 e. The summed E-state index contributed by atoms with van der Waals surface area (Å²) >= 11 is 1.37. The number of aliphatic carboxylic acids is 1. The summed E-state index contributed by atoms with van der Waals surface area (Å²) in [5, 5.41) is 13.1. The lowest BCUT2D eigenvalue weighted by Crippen LogP contribution is -2.25. The molecule has 1 heterocycles. The molecule has 0 unspecified atom stereocenters. The molecule has 0 saturated carbocycles. The molecular formula is C24H28N2O3S. The van der Waals surface area contributed by atoms with E-state index in [1.165, 1.54) is 35.7 Å². The summed E-state index contributed by atoms with van der Waals surface area (Å²) in [5.74, 6) is -0.866. The molecule has 2 aromatic rings. The second-order valence-corrected chi connectivity index (χ2v) is 9.09. The number of rotatable bonds is 7. The molecule has 2 aliphatic rings. The van der Waals surface area contributed by atoms with Crippen molar-refractivity contribution in [3.05, 3.63) is 46.7 Å². The van der Waals surface area contributed by atoms with Gasteiger partial charge in [0.2, 0.25) is 0 Å². The molecule has 0 saturated heterocycles. The number of thioether (sulfide) groups is 1. The number of carboxylic acids is 1. The number of allylic oxidation sites excluding steroid dienone is 1. The van der Waals surface area contributed by atoms with Gasteiger partial charge in [0, 0.05) is 28.1 Å². The number of amides is 1. The SMILES string of the molecule is O=C(O)CSc1c2c(nc3cc(C(=O)NCCC4=CCCCC4)ccc13)CCCC2. The first-order valence-electron chi connectivity index (χ1n) is 10.9. The van der Waals surface area contributed by atoms with Gasteiger partial charge >= 0.3 is 5.97 Å². The molecule has 30 heavy (non-hydrogen) atoms. The number of aryl methyl sites for hydroxylation is 1. The van der Waals surface area contributed by atoms with E-state index in [1.807, 2.05) is 18.2 Å². The zero-order valence-electron chi connectivity index (χ0n) is 17.2. The maximum atomic E-state index is 12.7. The summed E-state index contributed by atoms with van der Waals surface area (Å²) in [6.45, 7) is 0.653. The van der Waals surface area contributed by atoms with Crippen molar-refractivity contribution in [2.45, 2.75) is 62.7 Å². The van der Waals surface area contributed by atoms with Crippen LogP contribution in [0.25, 0.3) is 10.9 Å². The molecule has 4 rings (SSSR count). The van der Waals surface area contributed by atoms with Crippen molar-refractivity contribution in [3.8, 4) is 0 Å². The van der Waals surface area contributed by atoms with Gasteiger partial charge in [0.15, 0.2) is 0 Å². The number of carboxylic acid groups (broad SMARTS) is 1. The van der Waals surface area contributed by atoms with Crippen LogP contribution in [0.15, 0.2) is 34.7 Å². The van der Waals surface area contributed by atoms with E-state index in [2.05, 4.69) is 11.4 Å². The molecule has 2 aliphatic carbocycles. The maximum Gasteiger partial charge on any atom is 0.313 e. The molecule has 158 valence electrons. The summed E-state index contributed by atoms with van der Waals surface area (Å²) in [7, 11) is 0. The number of benzene rings is 1. The van der Waals surface area contributed by atoms with E-state index in [1.54, 1.807) is 0 Å². The topological polar surface area (TPSA) is 79.3 Å². The van der Waals surface area contributed by atoms with Crippen LogP contribution in [0.1, 0.15) is 66.6 Å². The van der Waals surface area contributed by atoms with E-state index in [0.29, 0.717) is 12.1 Å². The highest BCUT2D eigenvalue weighted by Crippen LogP contribution is 2.36. The third-order valence-corrected chi connectivity index (χ3v) is 7.08. The predicted octanol–water partition coefficient (Wildman–Crippen LogP) is 4.91. The molecule has 1 aromatic carbocycles. The number of hydrogen-bond acceptors (Lipinski definition) is 4. The highest BCUT2D eigenvalue weighted by Gasteiger charge is 2.20. The molecule has 0 fully saturated rings. The van der Waals surface area contributed by atoms with Crippen LogP contribution in [0.3, 0.4) is 0 Å². The lowest BCUT2D eigenvalue weighted by atomic mass is 9.94. The van der Waals surface area contributed by atoms with E-state index in [4.69, 9.17) is 10.1 Å². The number of aromatic nitrogens is 1. The van der Waals surface area contributed by atoms with Crippen molar-refractivity contribution >= 4 is 34.5 Å². The standard InChI is InChI=1S/C24H28N2O3S/c27-22(28)15-30-23-18-8-4-5-9-20(18)26-21-14-17(10-11-19(21)23)24(29)25-13-12-16-6-2-1-3-7-16/h6,10-11,14H,1-5,7-9,12-13,15H2,(H,25,29)(H,27,28). The minimum Gasteiger partial charge on any atom is -0.481 e. The summed E-state index contributed by atoms with van der Waals surface area (Å²) < 4.78 is 0. The van der Waals surface area contributed by atoms with Gasteiger partial charge in [0.05, 0.1) is 11.3 Å². The van der Waals surface area contributed by atoms with Gasteiger partial charge in [0.1, 0.15) is 0 Å². The van der Waals surface area contributed by atoms with Crippen molar-refractivity contribution in [1.29, 1.82) is 0 Å². The number of fused-ring (bicyclic) bond motifs is 2. The van der Waals surface area contributed by atoms with Gasteiger partial charge in [-0.2, -0.15) is 0 Å². The first-order valence-corrected chi connectivity index (χ1v) is 11.9. The lowest BCUT2D eigenvalue weighted by molar-refractivity contribution is -0.133. The molecule has 0 aliphatic heterocycles. The number of pyridine rings is 1. The highest BCUT2D eigenvalue weighted by molar-refractivity contribution is 8.00. The first-order chi connectivity index (χ1) is 14.6. The molecule has 0 bridgehead atoms. The maximum absolute atomic E-state index is 12.7. The quantitative estimate of drug-likeness (QED) is 0.488. The minimum absolute atomic E-state index is 0.0314. The van der Waals surface area contributed by atoms with Crippen LogP contribution < -0.4 is 5.32 Å². The fourth-order valence-corrected chi connectivity index (χ4v) is 5.38. The lowest BCUT2D eigenvalue weighted by Gasteiger charge is -2.20. The number of nitrogens with zero attached hydrogens (tertiary/aromatic N) is 1. The Bertz CT molecular complexity index is 1000. The second-order valence-electron chi connectivity index (χ2n) is 8.10. The zero-order valence-corrected chi connectivity index (χ0v) is 18.0. The molecule has 6 heteroatoms. The molecule has 1 amide bonds. The summed E-state index contributed by atoms with van der Waals surface area (Å²) in [5.41, 5.74) is 5.10. The Hall–Kier alpha value is -2.34. The number of carbonyl (C=O) groups is 2. The van der Waals surface area contributed by atoms with Gasteiger partial charge in [-0.05, 0) is 75.5 Å². The van der Waals surface area contributed by atoms with Crippen LogP contribution in [0.5, 0.6) is 0 Å². The number of carbonyl (C=O) groups excluding carboxylic acids is 1. The monoisotopic (exact) mass is 424 g/mol. The average molecular weight is 425 g/mol. The fraction of sp³-hybridized carbons (Fsp3) is 0.458. The molecule has 5 nitrogen and oxygen atoms in total. The van der Waals surface area contributed by atoms with Crippen LogP contribution in [0, 0.1) is 0 Å². The Kier molecular flexibility index (Phi) is 6.72. The smallest absolute Gasteiger partial charge is 0.313 e.